The Bertz CT molecular complexity index is 696. The molecule has 0 saturated carbocycles. The highest BCUT2D eigenvalue weighted by molar-refractivity contribution is 5.85. The Morgan fingerprint density at radius 2 is 1.86 bits per heavy atom. The number of halogens is 1. The minimum Gasteiger partial charge on any atom is -0.485 e. The van der Waals surface area contributed by atoms with Crippen LogP contribution >= 0.6 is 12.4 Å². The van der Waals surface area contributed by atoms with E-state index in [0.29, 0.717) is 0 Å². The smallest absolute Gasteiger partial charge is 0.137 e. The number of benzene rings is 2. The summed E-state index contributed by atoms with van der Waals surface area (Å²) in [6.07, 6.45) is 2.64. The van der Waals surface area contributed by atoms with Crippen LogP contribution in [0.25, 0.3) is 11.0 Å². The molecule has 1 atom stereocenters. The van der Waals surface area contributed by atoms with Gasteiger partial charge in [0.1, 0.15) is 17.4 Å². The van der Waals surface area contributed by atoms with Crippen molar-refractivity contribution in [2.45, 2.75) is 12.5 Å². The van der Waals surface area contributed by atoms with E-state index in [4.69, 9.17) is 9.15 Å². The van der Waals surface area contributed by atoms with E-state index in [1.165, 1.54) is 5.56 Å². The Kier molecular flexibility index (Phi) is 5.87. The highest BCUT2D eigenvalue weighted by Crippen LogP contribution is 2.31. The molecular weight excluding hydrogens is 298 g/mol. The number of hydrogen-bond acceptors (Lipinski definition) is 3. The summed E-state index contributed by atoms with van der Waals surface area (Å²) in [7, 11) is 1.96. The summed E-state index contributed by atoms with van der Waals surface area (Å²) in [6, 6.07) is 18.2. The maximum atomic E-state index is 6.27. The lowest BCUT2D eigenvalue weighted by Crippen LogP contribution is -2.16. The minimum absolute atomic E-state index is 0. The summed E-state index contributed by atoms with van der Waals surface area (Å²) in [5.41, 5.74) is 2.04. The second kappa shape index (κ2) is 7.87. The zero-order chi connectivity index (χ0) is 14.5. The van der Waals surface area contributed by atoms with Gasteiger partial charge in [0, 0.05) is 6.42 Å². The molecule has 3 rings (SSSR count). The van der Waals surface area contributed by atoms with E-state index in [0.717, 1.165) is 29.7 Å². The van der Waals surface area contributed by atoms with Gasteiger partial charge in [-0.25, -0.2) is 0 Å². The van der Waals surface area contributed by atoms with Gasteiger partial charge in [-0.2, -0.15) is 0 Å². The van der Waals surface area contributed by atoms with Crippen molar-refractivity contribution in [2.24, 2.45) is 0 Å². The van der Waals surface area contributed by atoms with Crippen LogP contribution in [0.2, 0.25) is 0 Å². The van der Waals surface area contributed by atoms with Crippen molar-refractivity contribution < 1.29 is 9.15 Å². The van der Waals surface area contributed by atoms with Crippen molar-refractivity contribution >= 4 is 23.4 Å². The first-order valence-corrected chi connectivity index (χ1v) is 7.21. The van der Waals surface area contributed by atoms with Crippen molar-refractivity contribution in [1.29, 1.82) is 0 Å². The molecule has 4 heteroatoms. The zero-order valence-corrected chi connectivity index (χ0v) is 13.3. The van der Waals surface area contributed by atoms with Gasteiger partial charge in [0.2, 0.25) is 0 Å². The van der Waals surface area contributed by atoms with Crippen LogP contribution in [0.1, 0.15) is 18.1 Å². The first-order chi connectivity index (χ1) is 10.4. The molecule has 0 fully saturated rings. The molecule has 116 valence electrons. The molecule has 0 aliphatic carbocycles. The van der Waals surface area contributed by atoms with Gasteiger partial charge in [0.25, 0.3) is 0 Å². The van der Waals surface area contributed by atoms with Gasteiger partial charge in [-0.15, -0.1) is 12.4 Å². The number of hydrogen-bond donors (Lipinski definition) is 1. The highest BCUT2D eigenvalue weighted by Gasteiger charge is 2.14. The van der Waals surface area contributed by atoms with E-state index < -0.39 is 0 Å². The van der Waals surface area contributed by atoms with E-state index in [1.807, 2.05) is 49.5 Å². The molecule has 0 saturated heterocycles. The van der Waals surface area contributed by atoms with Crippen LogP contribution in [0.5, 0.6) is 5.75 Å². The Morgan fingerprint density at radius 1 is 1.05 bits per heavy atom. The molecule has 0 aliphatic rings. The highest BCUT2D eigenvalue weighted by atomic mass is 35.5. The zero-order valence-electron chi connectivity index (χ0n) is 12.5. The minimum atomic E-state index is 0. The van der Waals surface area contributed by atoms with Gasteiger partial charge >= 0.3 is 0 Å². The van der Waals surface area contributed by atoms with Crippen molar-refractivity contribution in [2.75, 3.05) is 13.6 Å². The SMILES string of the molecule is CNCC[C@H](Oc1cccc2occc12)c1ccccc1.Cl. The molecule has 0 radical (unpaired) electrons. The van der Waals surface area contributed by atoms with E-state index >= 15 is 0 Å². The molecule has 2 aromatic carbocycles. The number of rotatable bonds is 6. The molecule has 1 heterocycles. The quantitative estimate of drug-likeness (QED) is 0.722. The molecule has 1 N–H and O–H groups in total. The van der Waals surface area contributed by atoms with Gasteiger partial charge < -0.3 is 14.5 Å². The summed E-state index contributed by atoms with van der Waals surface area (Å²) >= 11 is 0. The largest absolute Gasteiger partial charge is 0.485 e. The van der Waals surface area contributed by atoms with E-state index in [1.54, 1.807) is 6.26 Å². The monoisotopic (exact) mass is 317 g/mol. The summed E-state index contributed by atoms with van der Waals surface area (Å²) in [4.78, 5) is 0. The number of furan rings is 1. The standard InChI is InChI=1S/C18H19NO2.ClH/c1-19-12-10-16(14-6-3-2-4-7-14)21-18-9-5-8-17-15(18)11-13-20-17;/h2-9,11,13,16,19H,10,12H2,1H3;1H/t16-;/m0./s1. The molecule has 3 nitrogen and oxygen atoms in total. The predicted octanol–water partition coefficient (Wildman–Crippen LogP) is 4.58. The summed E-state index contributed by atoms with van der Waals surface area (Å²) < 4.78 is 11.7. The van der Waals surface area contributed by atoms with E-state index in [-0.39, 0.29) is 18.5 Å². The second-order valence-electron chi connectivity index (χ2n) is 5.00. The normalized spacial score (nSPS) is 11.9. The van der Waals surface area contributed by atoms with Crippen molar-refractivity contribution in [3.63, 3.8) is 0 Å². The molecule has 0 spiro atoms. The third kappa shape index (κ3) is 3.62. The first-order valence-electron chi connectivity index (χ1n) is 7.21. The average Bonchev–Trinajstić information content (AvgIpc) is 3.01. The number of fused-ring (bicyclic) bond motifs is 1. The van der Waals surface area contributed by atoms with Gasteiger partial charge in [0.05, 0.1) is 11.6 Å². The fourth-order valence-electron chi connectivity index (χ4n) is 2.46. The van der Waals surface area contributed by atoms with Crippen LogP contribution < -0.4 is 10.1 Å². The van der Waals surface area contributed by atoms with Gasteiger partial charge in [0.15, 0.2) is 0 Å². The third-order valence-corrected chi connectivity index (χ3v) is 3.55. The number of nitrogens with one attached hydrogen (secondary N) is 1. The summed E-state index contributed by atoms with van der Waals surface area (Å²) in [5, 5.41) is 4.20. The molecule has 0 aliphatic heterocycles. The Balaban J connectivity index is 0.00000176. The lowest BCUT2D eigenvalue weighted by molar-refractivity contribution is 0.197. The fourth-order valence-corrected chi connectivity index (χ4v) is 2.46. The van der Waals surface area contributed by atoms with Crippen LogP contribution in [-0.4, -0.2) is 13.6 Å². The Labute approximate surface area is 136 Å². The van der Waals surface area contributed by atoms with E-state index in [2.05, 4.69) is 17.4 Å². The molecule has 3 aromatic rings. The van der Waals surface area contributed by atoms with Gasteiger partial charge in [-0.05, 0) is 37.4 Å². The molecule has 0 unspecified atom stereocenters. The average molecular weight is 318 g/mol. The molecule has 22 heavy (non-hydrogen) atoms. The first kappa shape index (κ1) is 16.4. The predicted molar refractivity (Wildman–Crippen MR) is 91.8 cm³/mol. The second-order valence-corrected chi connectivity index (χ2v) is 5.00. The van der Waals surface area contributed by atoms with Crippen LogP contribution in [0, 0.1) is 0 Å². The summed E-state index contributed by atoms with van der Waals surface area (Å²) in [5.74, 6) is 0.867. The van der Waals surface area contributed by atoms with E-state index in [9.17, 15) is 0 Å². The van der Waals surface area contributed by atoms with Crippen molar-refractivity contribution in [3.05, 3.63) is 66.4 Å². The van der Waals surface area contributed by atoms with Crippen LogP contribution in [-0.2, 0) is 0 Å². The lowest BCUT2D eigenvalue weighted by atomic mass is 10.1. The van der Waals surface area contributed by atoms with Crippen LogP contribution in [0.3, 0.4) is 0 Å². The van der Waals surface area contributed by atoms with Crippen molar-refractivity contribution in [1.82, 2.24) is 5.32 Å². The maximum absolute atomic E-state index is 6.27. The number of ether oxygens (including phenoxy) is 1. The molecular formula is C18H20ClNO2. The molecule has 1 aromatic heterocycles. The van der Waals surface area contributed by atoms with Gasteiger partial charge in [-0.3, -0.25) is 0 Å². The Hall–Kier alpha value is -1.97. The fraction of sp³-hybridized carbons (Fsp3) is 0.222. The summed E-state index contributed by atoms with van der Waals surface area (Å²) in [6.45, 7) is 0.904. The topological polar surface area (TPSA) is 34.4 Å². The van der Waals surface area contributed by atoms with Crippen LogP contribution in [0.15, 0.2) is 65.3 Å². The third-order valence-electron chi connectivity index (χ3n) is 3.55. The Morgan fingerprint density at radius 3 is 2.64 bits per heavy atom. The lowest BCUT2D eigenvalue weighted by Gasteiger charge is -2.20. The van der Waals surface area contributed by atoms with Crippen molar-refractivity contribution in [3.8, 4) is 5.75 Å². The van der Waals surface area contributed by atoms with Crippen LogP contribution in [0.4, 0.5) is 0 Å². The molecule has 0 amide bonds. The molecule has 0 bridgehead atoms. The van der Waals surface area contributed by atoms with Gasteiger partial charge in [-0.1, -0.05) is 36.4 Å². The maximum Gasteiger partial charge on any atom is 0.137 e.